The number of carboxylic acid groups (broad SMARTS) is 1. The predicted molar refractivity (Wildman–Crippen MR) is 85.5 cm³/mol. The zero-order valence-corrected chi connectivity index (χ0v) is 13.2. The number of rotatable bonds is 6. The second-order valence-electron chi connectivity index (χ2n) is 5.17. The Morgan fingerprint density at radius 3 is 2.74 bits per heavy atom. The minimum Gasteiger partial charge on any atom is -0.479 e. The van der Waals surface area contributed by atoms with Crippen LogP contribution in [0.4, 0.5) is 0 Å². The molecule has 0 unspecified atom stereocenters. The summed E-state index contributed by atoms with van der Waals surface area (Å²) in [5.41, 5.74) is 1.97. The highest BCUT2D eigenvalue weighted by Crippen LogP contribution is 2.17. The van der Waals surface area contributed by atoms with Gasteiger partial charge in [0.15, 0.2) is 11.9 Å². The van der Waals surface area contributed by atoms with E-state index in [1.54, 1.807) is 55.2 Å². The maximum Gasteiger partial charge on any atom is 0.344 e. The van der Waals surface area contributed by atoms with E-state index in [0.29, 0.717) is 17.0 Å². The number of hydrogen-bond acceptors (Lipinski definition) is 4. The molecule has 0 aliphatic heterocycles. The number of benzene rings is 1. The average Bonchev–Trinajstić information content (AvgIpc) is 2.84. The Kier molecular flexibility index (Phi) is 4.95. The fraction of sp³-hybridized carbons (Fsp3) is 0.235. The third-order valence-electron chi connectivity index (χ3n) is 3.22. The van der Waals surface area contributed by atoms with E-state index in [1.165, 1.54) is 13.0 Å². The van der Waals surface area contributed by atoms with Crippen molar-refractivity contribution in [3.05, 3.63) is 53.4 Å². The first-order valence-corrected chi connectivity index (χ1v) is 7.09. The summed E-state index contributed by atoms with van der Waals surface area (Å²) in [6, 6.07) is 6.89. The third kappa shape index (κ3) is 4.29. The summed E-state index contributed by atoms with van der Waals surface area (Å²) in [4.78, 5) is 23.0. The van der Waals surface area contributed by atoms with Crippen molar-refractivity contribution in [3.8, 4) is 5.75 Å². The molecule has 23 heavy (non-hydrogen) atoms. The fourth-order valence-electron chi connectivity index (χ4n) is 2.05. The number of ketones is 1. The minimum atomic E-state index is -1.03. The Morgan fingerprint density at radius 1 is 1.39 bits per heavy atom. The van der Waals surface area contributed by atoms with Crippen LogP contribution in [0.1, 0.15) is 28.5 Å². The third-order valence-corrected chi connectivity index (χ3v) is 3.22. The monoisotopic (exact) mass is 314 g/mol. The van der Waals surface area contributed by atoms with Gasteiger partial charge in [-0.3, -0.25) is 9.48 Å². The van der Waals surface area contributed by atoms with E-state index in [2.05, 4.69) is 5.10 Å². The van der Waals surface area contributed by atoms with Gasteiger partial charge in [-0.2, -0.15) is 5.10 Å². The van der Waals surface area contributed by atoms with Crippen molar-refractivity contribution >= 4 is 17.8 Å². The molecule has 2 aromatic rings. The molecule has 0 amide bonds. The van der Waals surface area contributed by atoms with Gasteiger partial charge in [-0.1, -0.05) is 18.2 Å². The molecule has 6 nitrogen and oxygen atoms in total. The molecule has 6 heteroatoms. The van der Waals surface area contributed by atoms with E-state index in [1.807, 2.05) is 0 Å². The van der Waals surface area contributed by atoms with E-state index in [9.17, 15) is 9.59 Å². The van der Waals surface area contributed by atoms with Gasteiger partial charge in [0.1, 0.15) is 5.75 Å². The molecule has 0 aliphatic rings. The Labute approximate surface area is 134 Å². The van der Waals surface area contributed by atoms with Crippen molar-refractivity contribution in [2.24, 2.45) is 7.05 Å². The van der Waals surface area contributed by atoms with Crippen LogP contribution < -0.4 is 4.74 Å². The molecule has 0 spiro atoms. The standard InChI is InChI=1S/C17H18N2O4/c1-11-15(10-19(3)18-11)16(20)8-7-13-5-4-6-14(9-13)23-12(2)17(21)22/h4-10,12H,1-3H3,(H,21,22)/b8-7-/t12-/m0/s1. The van der Waals surface area contributed by atoms with E-state index < -0.39 is 12.1 Å². The van der Waals surface area contributed by atoms with E-state index in [-0.39, 0.29) is 5.78 Å². The van der Waals surface area contributed by atoms with Crippen molar-refractivity contribution in [3.63, 3.8) is 0 Å². The number of aryl methyl sites for hydroxylation is 2. The predicted octanol–water partition coefficient (Wildman–Crippen LogP) is 2.48. The quantitative estimate of drug-likeness (QED) is 0.654. The molecule has 0 aliphatic carbocycles. The normalized spacial score (nSPS) is 12.3. The molecule has 120 valence electrons. The first-order chi connectivity index (χ1) is 10.9. The number of aromatic nitrogens is 2. The summed E-state index contributed by atoms with van der Waals surface area (Å²) in [5, 5.41) is 13.0. The van der Waals surface area contributed by atoms with Crippen LogP contribution in [-0.2, 0) is 11.8 Å². The Hall–Kier alpha value is -2.89. The van der Waals surface area contributed by atoms with Gasteiger partial charge in [-0.15, -0.1) is 0 Å². The molecule has 0 saturated carbocycles. The van der Waals surface area contributed by atoms with Gasteiger partial charge in [-0.25, -0.2) is 4.79 Å². The molecule has 1 N–H and O–H groups in total. The lowest BCUT2D eigenvalue weighted by Gasteiger charge is -2.10. The van der Waals surface area contributed by atoms with Crippen LogP contribution >= 0.6 is 0 Å². The molecular formula is C17H18N2O4. The van der Waals surface area contributed by atoms with Gasteiger partial charge in [-0.05, 0) is 37.6 Å². The number of ether oxygens (including phenoxy) is 1. The molecule has 1 heterocycles. The van der Waals surface area contributed by atoms with Crippen LogP contribution in [0.2, 0.25) is 0 Å². The zero-order valence-electron chi connectivity index (χ0n) is 13.2. The van der Waals surface area contributed by atoms with Crippen molar-refractivity contribution in [2.45, 2.75) is 20.0 Å². The molecule has 0 saturated heterocycles. The number of carbonyl (C=O) groups is 2. The summed E-state index contributed by atoms with van der Waals surface area (Å²) in [6.45, 7) is 3.24. The highest BCUT2D eigenvalue weighted by molar-refractivity contribution is 6.07. The molecule has 0 radical (unpaired) electrons. The van der Waals surface area contributed by atoms with Gasteiger partial charge in [0.05, 0.1) is 11.3 Å². The first kappa shape index (κ1) is 16.5. The van der Waals surface area contributed by atoms with Gasteiger partial charge in [0, 0.05) is 13.2 Å². The molecule has 1 aromatic carbocycles. The van der Waals surface area contributed by atoms with Crippen LogP contribution in [0.3, 0.4) is 0 Å². The summed E-state index contributed by atoms with van der Waals surface area (Å²) in [5.74, 6) is -0.735. The van der Waals surface area contributed by atoms with Gasteiger partial charge < -0.3 is 9.84 Å². The Bertz CT molecular complexity index is 762. The summed E-state index contributed by atoms with van der Waals surface area (Å²) in [7, 11) is 1.76. The molecule has 2 rings (SSSR count). The number of nitrogens with zero attached hydrogens (tertiary/aromatic N) is 2. The van der Waals surface area contributed by atoms with Crippen LogP contribution in [0.15, 0.2) is 36.5 Å². The summed E-state index contributed by atoms with van der Waals surface area (Å²) >= 11 is 0. The fourth-order valence-corrected chi connectivity index (χ4v) is 2.05. The second-order valence-corrected chi connectivity index (χ2v) is 5.17. The van der Waals surface area contributed by atoms with Crippen molar-refractivity contribution < 1.29 is 19.4 Å². The van der Waals surface area contributed by atoms with Crippen molar-refractivity contribution in [1.29, 1.82) is 0 Å². The van der Waals surface area contributed by atoms with E-state index in [0.717, 1.165) is 5.56 Å². The van der Waals surface area contributed by atoms with Gasteiger partial charge in [0.25, 0.3) is 0 Å². The number of carbonyl (C=O) groups excluding carboxylic acids is 1. The van der Waals surface area contributed by atoms with Crippen LogP contribution in [-0.4, -0.2) is 32.7 Å². The smallest absolute Gasteiger partial charge is 0.344 e. The van der Waals surface area contributed by atoms with Gasteiger partial charge in [0.2, 0.25) is 0 Å². The van der Waals surface area contributed by atoms with E-state index in [4.69, 9.17) is 9.84 Å². The average molecular weight is 314 g/mol. The lowest BCUT2D eigenvalue weighted by atomic mass is 10.1. The van der Waals surface area contributed by atoms with Crippen molar-refractivity contribution in [2.75, 3.05) is 0 Å². The zero-order chi connectivity index (χ0) is 17.0. The molecule has 1 aromatic heterocycles. The topological polar surface area (TPSA) is 81.4 Å². The number of hydrogen-bond donors (Lipinski definition) is 1. The molecule has 0 bridgehead atoms. The first-order valence-electron chi connectivity index (χ1n) is 7.09. The lowest BCUT2D eigenvalue weighted by Crippen LogP contribution is -2.22. The highest BCUT2D eigenvalue weighted by atomic mass is 16.5. The van der Waals surface area contributed by atoms with Gasteiger partial charge >= 0.3 is 5.97 Å². The largest absolute Gasteiger partial charge is 0.479 e. The van der Waals surface area contributed by atoms with Crippen molar-refractivity contribution in [1.82, 2.24) is 9.78 Å². The number of allylic oxidation sites excluding steroid dienone is 1. The highest BCUT2D eigenvalue weighted by Gasteiger charge is 2.12. The van der Waals surface area contributed by atoms with E-state index >= 15 is 0 Å². The summed E-state index contributed by atoms with van der Waals surface area (Å²) < 4.78 is 6.89. The Balaban J connectivity index is 2.12. The van der Waals surface area contributed by atoms with Crippen LogP contribution in [0.5, 0.6) is 5.75 Å². The second kappa shape index (κ2) is 6.91. The minimum absolute atomic E-state index is 0.138. The number of carboxylic acids is 1. The number of aliphatic carboxylic acids is 1. The van der Waals surface area contributed by atoms with Crippen LogP contribution in [0, 0.1) is 6.92 Å². The maximum absolute atomic E-state index is 12.2. The Morgan fingerprint density at radius 2 is 2.13 bits per heavy atom. The maximum atomic E-state index is 12.2. The molecular weight excluding hydrogens is 296 g/mol. The SMILES string of the molecule is Cc1nn(C)cc1C(=O)/C=C\c1cccc(O[C@@H](C)C(=O)O)c1. The molecule has 0 fully saturated rings. The summed E-state index contributed by atoms with van der Waals surface area (Å²) in [6.07, 6.45) is 3.86. The lowest BCUT2D eigenvalue weighted by molar-refractivity contribution is -0.144. The van der Waals surface area contributed by atoms with Crippen LogP contribution in [0.25, 0.3) is 6.08 Å². The molecule has 1 atom stereocenters.